The number of fused-ring (bicyclic) bond motifs is 3. The Bertz CT molecular complexity index is 724. The first kappa shape index (κ1) is 17.7. The number of rotatable bonds is 6. The molecule has 0 saturated heterocycles. The molecule has 0 spiro atoms. The molecule has 2 aromatic heterocycles. The second-order valence-corrected chi connectivity index (χ2v) is 8.63. The third-order valence-electron chi connectivity index (χ3n) is 4.75. The van der Waals surface area contributed by atoms with Crippen LogP contribution in [0.15, 0.2) is 11.4 Å². The van der Waals surface area contributed by atoms with Gasteiger partial charge in [-0.2, -0.15) is 0 Å². The van der Waals surface area contributed by atoms with Gasteiger partial charge in [0.1, 0.15) is 16.2 Å². The lowest BCUT2D eigenvalue weighted by atomic mass is 9.89. The Labute approximate surface area is 151 Å². The number of thioether (sulfide) groups is 1. The van der Waals surface area contributed by atoms with Crippen LogP contribution in [-0.4, -0.2) is 27.7 Å². The largest absolute Gasteiger partial charge is 0.353 e. The third kappa shape index (κ3) is 3.75. The van der Waals surface area contributed by atoms with Crippen LogP contribution in [0.3, 0.4) is 0 Å². The second kappa shape index (κ2) is 7.83. The standard InChI is InChI=1S/C18H25N3OS2/c1-4-12(5-2)21-15(22)9-23-17-16-13-7-6-11(3)8-14(13)24-18(16)20-10-19-17/h10-12H,4-9H2,1-3H3,(H,21,22)/t11-/m1/s1. The maximum atomic E-state index is 12.2. The Morgan fingerprint density at radius 2 is 2.21 bits per heavy atom. The van der Waals surface area contributed by atoms with E-state index in [0.717, 1.165) is 41.5 Å². The molecule has 2 heterocycles. The maximum absolute atomic E-state index is 12.2. The zero-order valence-electron chi connectivity index (χ0n) is 14.6. The van der Waals surface area contributed by atoms with Gasteiger partial charge in [0, 0.05) is 16.3 Å². The summed E-state index contributed by atoms with van der Waals surface area (Å²) in [5.74, 6) is 1.27. The summed E-state index contributed by atoms with van der Waals surface area (Å²) in [5.41, 5.74) is 1.43. The molecule has 0 aromatic carbocycles. The van der Waals surface area contributed by atoms with E-state index in [2.05, 4.69) is 36.1 Å². The van der Waals surface area contributed by atoms with Crippen LogP contribution in [0, 0.1) is 5.92 Å². The summed E-state index contributed by atoms with van der Waals surface area (Å²) in [6.45, 7) is 6.53. The average molecular weight is 364 g/mol. The molecule has 2 aromatic rings. The summed E-state index contributed by atoms with van der Waals surface area (Å²) < 4.78 is 0. The van der Waals surface area contributed by atoms with Crippen molar-refractivity contribution in [2.75, 3.05) is 5.75 Å². The van der Waals surface area contributed by atoms with Crippen LogP contribution in [0.1, 0.15) is 50.5 Å². The molecule has 0 fully saturated rings. The molecule has 1 N–H and O–H groups in total. The minimum absolute atomic E-state index is 0.0955. The molecule has 0 unspecified atom stereocenters. The third-order valence-corrected chi connectivity index (χ3v) is 6.90. The van der Waals surface area contributed by atoms with Crippen molar-refractivity contribution < 1.29 is 4.79 Å². The van der Waals surface area contributed by atoms with Gasteiger partial charge in [-0.1, -0.05) is 32.5 Å². The van der Waals surface area contributed by atoms with Crippen LogP contribution in [0.25, 0.3) is 10.2 Å². The van der Waals surface area contributed by atoms with Gasteiger partial charge in [0.2, 0.25) is 5.91 Å². The average Bonchev–Trinajstić information content (AvgIpc) is 2.95. The van der Waals surface area contributed by atoms with Crippen molar-refractivity contribution in [3.63, 3.8) is 0 Å². The summed E-state index contributed by atoms with van der Waals surface area (Å²) in [4.78, 5) is 23.7. The number of nitrogens with zero attached hydrogens (tertiary/aromatic N) is 2. The van der Waals surface area contributed by atoms with Gasteiger partial charge in [0.25, 0.3) is 0 Å². The van der Waals surface area contributed by atoms with Crippen molar-refractivity contribution in [3.05, 3.63) is 16.8 Å². The molecular weight excluding hydrogens is 338 g/mol. The summed E-state index contributed by atoms with van der Waals surface area (Å²) in [6.07, 6.45) is 7.07. The first-order valence-electron chi connectivity index (χ1n) is 8.79. The number of hydrogen-bond donors (Lipinski definition) is 1. The quantitative estimate of drug-likeness (QED) is 0.617. The van der Waals surface area contributed by atoms with E-state index in [4.69, 9.17) is 0 Å². The van der Waals surface area contributed by atoms with E-state index < -0.39 is 0 Å². The lowest BCUT2D eigenvalue weighted by molar-refractivity contribution is -0.119. The van der Waals surface area contributed by atoms with Gasteiger partial charge >= 0.3 is 0 Å². The molecular formula is C18H25N3OS2. The lowest BCUT2D eigenvalue weighted by Crippen LogP contribution is -2.35. The fourth-order valence-electron chi connectivity index (χ4n) is 3.25. The number of thiophene rings is 1. The number of aromatic nitrogens is 2. The molecule has 0 bridgehead atoms. The van der Waals surface area contributed by atoms with E-state index in [1.54, 1.807) is 29.4 Å². The maximum Gasteiger partial charge on any atom is 0.230 e. The molecule has 1 aliphatic rings. The zero-order chi connectivity index (χ0) is 17.1. The Morgan fingerprint density at radius 1 is 1.42 bits per heavy atom. The van der Waals surface area contributed by atoms with Crippen LogP contribution in [0.2, 0.25) is 0 Å². The van der Waals surface area contributed by atoms with Crippen LogP contribution in [0.4, 0.5) is 0 Å². The van der Waals surface area contributed by atoms with Gasteiger partial charge in [-0.05, 0) is 43.6 Å². The first-order chi connectivity index (χ1) is 11.6. The molecule has 6 heteroatoms. The van der Waals surface area contributed by atoms with Crippen molar-refractivity contribution in [1.82, 2.24) is 15.3 Å². The molecule has 130 valence electrons. The summed E-state index contributed by atoms with van der Waals surface area (Å²) in [5, 5.41) is 5.26. The minimum Gasteiger partial charge on any atom is -0.353 e. The fraction of sp³-hybridized carbons (Fsp3) is 0.611. The van der Waals surface area contributed by atoms with Crippen molar-refractivity contribution in [2.24, 2.45) is 5.92 Å². The number of hydrogen-bond acceptors (Lipinski definition) is 5. The highest BCUT2D eigenvalue weighted by Crippen LogP contribution is 2.40. The monoisotopic (exact) mass is 363 g/mol. The Kier molecular flexibility index (Phi) is 5.76. The normalized spacial score (nSPS) is 17.2. The number of carbonyl (C=O) groups is 1. The van der Waals surface area contributed by atoms with E-state index in [9.17, 15) is 4.79 Å². The van der Waals surface area contributed by atoms with Gasteiger partial charge in [0.05, 0.1) is 5.75 Å². The predicted octanol–water partition coefficient (Wildman–Crippen LogP) is 4.21. The van der Waals surface area contributed by atoms with Crippen LogP contribution in [0.5, 0.6) is 0 Å². The van der Waals surface area contributed by atoms with Gasteiger partial charge in [-0.3, -0.25) is 4.79 Å². The molecule has 1 amide bonds. The Balaban J connectivity index is 1.77. The molecule has 1 atom stereocenters. The van der Waals surface area contributed by atoms with Crippen LogP contribution >= 0.6 is 23.1 Å². The smallest absolute Gasteiger partial charge is 0.230 e. The summed E-state index contributed by atoms with van der Waals surface area (Å²) in [7, 11) is 0. The van der Waals surface area contributed by atoms with Crippen molar-refractivity contribution in [1.29, 1.82) is 0 Å². The number of aryl methyl sites for hydroxylation is 1. The highest BCUT2D eigenvalue weighted by molar-refractivity contribution is 8.00. The van der Waals surface area contributed by atoms with Crippen molar-refractivity contribution >= 4 is 39.2 Å². The highest BCUT2D eigenvalue weighted by Gasteiger charge is 2.23. The molecule has 0 aliphatic heterocycles. The van der Waals surface area contributed by atoms with Crippen LogP contribution in [-0.2, 0) is 17.6 Å². The minimum atomic E-state index is 0.0955. The zero-order valence-corrected chi connectivity index (χ0v) is 16.2. The van der Waals surface area contributed by atoms with E-state index in [1.807, 2.05) is 0 Å². The second-order valence-electron chi connectivity index (χ2n) is 6.58. The summed E-state index contributed by atoms with van der Waals surface area (Å²) in [6, 6.07) is 0.277. The van der Waals surface area contributed by atoms with Gasteiger partial charge in [-0.15, -0.1) is 11.3 Å². The Hall–Kier alpha value is -1.14. The number of nitrogens with one attached hydrogen (secondary N) is 1. The number of amides is 1. The van der Waals surface area contributed by atoms with E-state index in [-0.39, 0.29) is 11.9 Å². The lowest BCUT2D eigenvalue weighted by Gasteiger charge is -2.18. The molecule has 1 aliphatic carbocycles. The first-order valence-corrected chi connectivity index (χ1v) is 10.6. The van der Waals surface area contributed by atoms with Gasteiger partial charge < -0.3 is 5.32 Å². The van der Waals surface area contributed by atoms with Gasteiger partial charge in [0.15, 0.2) is 0 Å². The van der Waals surface area contributed by atoms with E-state index >= 15 is 0 Å². The molecule has 24 heavy (non-hydrogen) atoms. The highest BCUT2D eigenvalue weighted by atomic mass is 32.2. The SMILES string of the molecule is CCC(CC)NC(=O)CSc1ncnc2sc3c(c12)CC[C@@H](C)C3. The molecule has 0 saturated carbocycles. The molecule has 0 radical (unpaired) electrons. The van der Waals surface area contributed by atoms with E-state index in [1.165, 1.54) is 22.2 Å². The fourth-order valence-corrected chi connectivity index (χ4v) is 5.50. The van der Waals surface area contributed by atoms with Gasteiger partial charge in [-0.25, -0.2) is 9.97 Å². The van der Waals surface area contributed by atoms with Crippen LogP contribution < -0.4 is 5.32 Å². The van der Waals surface area contributed by atoms with E-state index in [0.29, 0.717) is 5.75 Å². The van der Waals surface area contributed by atoms with Crippen molar-refractivity contribution in [2.45, 2.75) is 63.9 Å². The molecule has 3 rings (SSSR count). The summed E-state index contributed by atoms with van der Waals surface area (Å²) >= 11 is 3.35. The predicted molar refractivity (Wildman–Crippen MR) is 102 cm³/mol. The van der Waals surface area contributed by atoms with Crippen molar-refractivity contribution in [3.8, 4) is 0 Å². The topological polar surface area (TPSA) is 54.9 Å². The molecule has 4 nitrogen and oxygen atoms in total. The Morgan fingerprint density at radius 3 is 2.96 bits per heavy atom. The number of carbonyl (C=O) groups excluding carboxylic acids is 1.